The van der Waals surface area contributed by atoms with Crippen molar-refractivity contribution in [2.75, 3.05) is 0 Å². The summed E-state index contributed by atoms with van der Waals surface area (Å²) in [7, 11) is 0. The van der Waals surface area contributed by atoms with Crippen molar-refractivity contribution in [2.24, 2.45) is 11.8 Å². The van der Waals surface area contributed by atoms with Gasteiger partial charge in [0.1, 0.15) is 0 Å². The van der Waals surface area contributed by atoms with E-state index in [1.54, 1.807) is 5.57 Å². The molecule has 0 bridgehead atoms. The van der Waals surface area contributed by atoms with Crippen molar-refractivity contribution in [3.63, 3.8) is 0 Å². The molecule has 1 aromatic rings. The average Bonchev–Trinajstić information content (AvgIpc) is 2.63. The topological polar surface area (TPSA) is 0 Å². The number of hydrogen-bond acceptors (Lipinski definition) is 0. The molecule has 24 heavy (non-hydrogen) atoms. The molecule has 1 aliphatic rings. The Bertz CT molecular complexity index is 479. The van der Waals surface area contributed by atoms with Gasteiger partial charge in [0.25, 0.3) is 0 Å². The van der Waals surface area contributed by atoms with Crippen LogP contribution in [0.5, 0.6) is 0 Å². The molecule has 0 radical (unpaired) electrons. The number of rotatable bonds is 10. The Kier molecular flexibility index (Phi) is 8.64. The van der Waals surface area contributed by atoms with E-state index < -0.39 is 0 Å². The largest absolute Gasteiger partial charge is 0.0804 e. The molecule has 2 unspecified atom stereocenters. The minimum absolute atomic E-state index is 0.898. The van der Waals surface area contributed by atoms with E-state index in [4.69, 9.17) is 0 Å². The van der Waals surface area contributed by atoms with Crippen molar-refractivity contribution in [3.05, 3.63) is 41.5 Å². The highest BCUT2D eigenvalue weighted by atomic mass is 14.3. The van der Waals surface area contributed by atoms with Gasteiger partial charge >= 0.3 is 0 Å². The van der Waals surface area contributed by atoms with Crippen molar-refractivity contribution in [1.82, 2.24) is 0 Å². The molecule has 0 aromatic heterocycles. The van der Waals surface area contributed by atoms with Gasteiger partial charge in [0.15, 0.2) is 0 Å². The highest BCUT2D eigenvalue weighted by molar-refractivity contribution is 5.66. The summed E-state index contributed by atoms with van der Waals surface area (Å²) in [5.74, 6) is 1.81. The molecule has 0 fully saturated rings. The van der Waals surface area contributed by atoms with E-state index >= 15 is 0 Å². The molecule has 0 heterocycles. The fourth-order valence-electron chi connectivity index (χ4n) is 4.05. The monoisotopic (exact) mass is 326 g/mol. The predicted octanol–water partition coefficient (Wildman–Crippen LogP) is 7.82. The molecule has 0 saturated heterocycles. The second kappa shape index (κ2) is 10.7. The molecule has 2 atom stereocenters. The lowest BCUT2D eigenvalue weighted by atomic mass is 9.78. The average molecular weight is 327 g/mol. The summed E-state index contributed by atoms with van der Waals surface area (Å²) in [6, 6.07) is 9.42. The first-order chi connectivity index (χ1) is 11.7. The summed E-state index contributed by atoms with van der Waals surface area (Å²) in [5.41, 5.74) is 4.56. The molecule has 0 N–H and O–H groups in total. The summed E-state index contributed by atoms with van der Waals surface area (Å²) in [6.07, 6.45) is 17.3. The third-order valence-corrected chi connectivity index (χ3v) is 5.91. The molecule has 134 valence electrons. The fourth-order valence-corrected chi connectivity index (χ4v) is 4.05. The quantitative estimate of drug-likeness (QED) is 0.384. The molecule has 0 amide bonds. The highest BCUT2D eigenvalue weighted by Gasteiger charge is 2.20. The zero-order valence-corrected chi connectivity index (χ0v) is 16.3. The van der Waals surface area contributed by atoms with Crippen LogP contribution >= 0.6 is 0 Å². The number of hydrogen-bond donors (Lipinski definition) is 0. The van der Waals surface area contributed by atoms with Crippen molar-refractivity contribution < 1.29 is 0 Å². The van der Waals surface area contributed by atoms with Gasteiger partial charge in [0.05, 0.1) is 0 Å². The van der Waals surface area contributed by atoms with Crippen LogP contribution in [0.4, 0.5) is 0 Å². The maximum atomic E-state index is 2.54. The van der Waals surface area contributed by atoms with Gasteiger partial charge in [-0.2, -0.15) is 0 Å². The second-order valence-corrected chi connectivity index (χ2v) is 7.89. The van der Waals surface area contributed by atoms with Crippen LogP contribution in [0.1, 0.15) is 96.1 Å². The van der Waals surface area contributed by atoms with E-state index in [1.165, 1.54) is 81.8 Å². The molecule has 0 nitrogen and oxygen atoms in total. The zero-order chi connectivity index (χ0) is 17.2. The predicted molar refractivity (Wildman–Crippen MR) is 108 cm³/mol. The first kappa shape index (κ1) is 19.3. The highest BCUT2D eigenvalue weighted by Crippen LogP contribution is 2.35. The fraction of sp³-hybridized carbons (Fsp3) is 0.667. The lowest BCUT2D eigenvalue weighted by Crippen LogP contribution is -2.14. The Morgan fingerprint density at radius 1 is 0.958 bits per heavy atom. The van der Waals surface area contributed by atoms with Gasteiger partial charge in [-0.1, -0.05) is 89.6 Å². The van der Waals surface area contributed by atoms with Crippen LogP contribution in [-0.4, -0.2) is 0 Å². The molecule has 0 heteroatoms. The Morgan fingerprint density at radius 2 is 1.67 bits per heavy atom. The minimum atomic E-state index is 0.898. The number of aryl methyl sites for hydroxylation is 1. The summed E-state index contributed by atoms with van der Waals surface area (Å²) < 4.78 is 0. The number of unbranched alkanes of at least 4 members (excludes halogenated alkanes) is 4. The maximum absolute atomic E-state index is 2.54. The van der Waals surface area contributed by atoms with Crippen LogP contribution < -0.4 is 0 Å². The number of benzene rings is 1. The van der Waals surface area contributed by atoms with Gasteiger partial charge in [-0.3, -0.25) is 0 Å². The Hall–Kier alpha value is -1.04. The smallest absolute Gasteiger partial charge is 0.0228 e. The Balaban J connectivity index is 1.83. The summed E-state index contributed by atoms with van der Waals surface area (Å²) in [4.78, 5) is 0. The first-order valence-electron chi connectivity index (χ1n) is 10.5. The summed E-state index contributed by atoms with van der Waals surface area (Å²) in [6.45, 7) is 7.05. The molecule has 2 rings (SSSR count). The van der Waals surface area contributed by atoms with Crippen LogP contribution in [-0.2, 0) is 6.42 Å². The SMILES string of the molecule is CCCCCc1ccc(C2=CCC(C(C)CCCCC)CC2)cc1. The molecular weight excluding hydrogens is 288 g/mol. The van der Waals surface area contributed by atoms with Crippen LogP contribution in [0.25, 0.3) is 5.57 Å². The van der Waals surface area contributed by atoms with E-state index in [9.17, 15) is 0 Å². The molecule has 0 aliphatic heterocycles. The standard InChI is InChI=1S/C24H38/c1-4-6-8-10-20(3)22-16-18-24(19-17-22)23-14-12-21(13-15-23)11-9-7-5-2/h12-15,18,20,22H,4-11,16-17,19H2,1-3H3. The van der Waals surface area contributed by atoms with Crippen molar-refractivity contribution in [2.45, 2.75) is 91.4 Å². The normalized spacial score (nSPS) is 19.1. The van der Waals surface area contributed by atoms with Gasteiger partial charge in [-0.15, -0.1) is 0 Å². The van der Waals surface area contributed by atoms with Crippen LogP contribution in [0, 0.1) is 11.8 Å². The second-order valence-electron chi connectivity index (χ2n) is 7.89. The van der Waals surface area contributed by atoms with Crippen molar-refractivity contribution >= 4 is 5.57 Å². The molecule has 1 aromatic carbocycles. The van der Waals surface area contributed by atoms with Crippen molar-refractivity contribution in [1.29, 1.82) is 0 Å². The molecule has 1 aliphatic carbocycles. The van der Waals surface area contributed by atoms with E-state index in [-0.39, 0.29) is 0 Å². The molecule has 0 saturated carbocycles. The van der Waals surface area contributed by atoms with Gasteiger partial charge in [-0.05, 0) is 60.6 Å². The lowest BCUT2D eigenvalue weighted by Gasteiger charge is -2.27. The van der Waals surface area contributed by atoms with Crippen molar-refractivity contribution in [3.8, 4) is 0 Å². The van der Waals surface area contributed by atoms with Crippen LogP contribution in [0.15, 0.2) is 30.3 Å². The third kappa shape index (κ3) is 6.11. The minimum Gasteiger partial charge on any atom is -0.0804 e. The summed E-state index contributed by atoms with van der Waals surface area (Å²) in [5, 5.41) is 0. The number of allylic oxidation sites excluding steroid dienone is 2. The van der Waals surface area contributed by atoms with E-state index in [0.29, 0.717) is 0 Å². The molecule has 0 spiro atoms. The van der Waals surface area contributed by atoms with E-state index in [2.05, 4.69) is 51.1 Å². The van der Waals surface area contributed by atoms with E-state index in [1.807, 2.05) is 0 Å². The Morgan fingerprint density at radius 3 is 2.29 bits per heavy atom. The van der Waals surface area contributed by atoms with Gasteiger partial charge in [0.2, 0.25) is 0 Å². The first-order valence-corrected chi connectivity index (χ1v) is 10.5. The zero-order valence-electron chi connectivity index (χ0n) is 16.3. The van der Waals surface area contributed by atoms with Gasteiger partial charge < -0.3 is 0 Å². The maximum Gasteiger partial charge on any atom is -0.0228 e. The Labute approximate surface area is 150 Å². The summed E-state index contributed by atoms with van der Waals surface area (Å²) >= 11 is 0. The third-order valence-electron chi connectivity index (χ3n) is 5.91. The van der Waals surface area contributed by atoms with E-state index in [0.717, 1.165) is 11.8 Å². The lowest BCUT2D eigenvalue weighted by molar-refractivity contribution is 0.308. The van der Waals surface area contributed by atoms with Crippen LogP contribution in [0.2, 0.25) is 0 Å². The van der Waals surface area contributed by atoms with Gasteiger partial charge in [0, 0.05) is 0 Å². The van der Waals surface area contributed by atoms with Gasteiger partial charge in [-0.25, -0.2) is 0 Å². The van der Waals surface area contributed by atoms with Crippen LogP contribution in [0.3, 0.4) is 0 Å². The molecular formula is C24H38.